The van der Waals surface area contributed by atoms with E-state index in [0.29, 0.717) is 22.6 Å². The van der Waals surface area contributed by atoms with Crippen molar-refractivity contribution < 1.29 is 14.3 Å². The molecule has 0 aliphatic heterocycles. The van der Waals surface area contributed by atoms with Gasteiger partial charge in [-0.05, 0) is 37.3 Å². The fraction of sp³-hybridized carbons (Fsp3) is 0.115. The predicted octanol–water partition coefficient (Wildman–Crippen LogP) is 4.99. The molecule has 0 bridgehead atoms. The molecule has 3 aromatic carbocycles. The van der Waals surface area contributed by atoms with Gasteiger partial charge in [-0.3, -0.25) is 4.79 Å². The Morgan fingerprint density at radius 2 is 1.75 bits per heavy atom. The number of benzene rings is 3. The Balaban J connectivity index is 1.66. The van der Waals surface area contributed by atoms with Gasteiger partial charge < -0.3 is 9.47 Å². The molecule has 0 fully saturated rings. The number of aryl methyl sites for hydroxylation is 1. The van der Waals surface area contributed by atoms with Crippen LogP contribution < -0.4 is 14.9 Å². The first kappa shape index (κ1) is 21.1. The monoisotopic (exact) mass is 425 g/mol. The molecule has 0 spiro atoms. The number of pyridine rings is 1. The number of nitrogens with zero attached hydrogens (tertiary/aromatic N) is 2. The minimum Gasteiger partial charge on any atom is -0.497 e. The van der Waals surface area contributed by atoms with Crippen molar-refractivity contribution in [3.8, 4) is 22.8 Å². The second-order valence-corrected chi connectivity index (χ2v) is 7.25. The van der Waals surface area contributed by atoms with Gasteiger partial charge in [-0.25, -0.2) is 10.4 Å². The normalized spacial score (nSPS) is 11.0. The zero-order valence-corrected chi connectivity index (χ0v) is 18.1. The summed E-state index contributed by atoms with van der Waals surface area (Å²) in [5.74, 6) is 0.969. The summed E-state index contributed by atoms with van der Waals surface area (Å²) in [7, 11) is 3.16. The van der Waals surface area contributed by atoms with Crippen molar-refractivity contribution in [2.75, 3.05) is 14.2 Å². The minimum absolute atomic E-state index is 0.324. The molecule has 0 atom stereocenters. The molecule has 6 heteroatoms. The molecule has 1 heterocycles. The van der Waals surface area contributed by atoms with Crippen molar-refractivity contribution in [1.82, 2.24) is 10.4 Å². The number of hydrazone groups is 1. The molecule has 0 aliphatic carbocycles. The van der Waals surface area contributed by atoms with Crippen molar-refractivity contribution in [2.45, 2.75) is 6.92 Å². The van der Waals surface area contributed by atoms with Crippen LogP contribution in [0.1, 0.15) is 21.5 Å². The molecule has 0 unspecified atom stereocenters. The largest absolute Gasteiger partial charge is 0.497 e. The number of hydrogen-bond acceptors (Lipinski definition) is 5. The molecular weight excluding hydrogens is 402 g/mol. The lowest BCUT2D eigenvalue weighted by atomic mass is 10.0. The minimum atomic E-state index is -0.324. The number of carbonyl (C=O) groups is 1. The van der Waals surface area contributed by atoms with Gasteiger partial charge in [-0.2, -0.15) is 5.10 Å². The summed E-state index contributed by atoms with van der Waals surface area (Å²) < 4.78 is 10.6. The summed E-state index contributed by atoms with van der Waals surface area (Å²) in [6, 6.07) is 22.8. The summed E-state index contributed by atoms with van der Waals surface area (Å²) >= 11 is 0. The number of hydrogen-bond donors (Lipinski definition) is 1. The fourth-order valence-electron chi connectivity index (χ4n) is 3.40. The standard InChI is InChI=1S/C26H23N3O3/c1-17-8-10-18(11-9-17)24-15-22(21-6-4-5-7-23(21)28-24)26(30)29-27-16-19-14-20(31-2)12-13-25(19)32-3/h4-16H,1-3H3,(H,29,30)/b27-16+. The number of nitrogens with one attached hydrogen (secondary N) is 1. The van der Waals surface area contributed by atoms with Crippen LogP contribution in [-0.4, -0.2) is 31.3 Å². The third-order valence-corrected chi connectivity index (χ3v) is 5.11. The van der Waals surface area contributed by atoms with Crippen molar-refractivity contribution in [3.05, 3.63) is 89.5 Å². The lowest BCUT2D eigenvalue weighted by Crippen LogP contribution is -2.18. The summed E-state index contributed by atoms with van der Waals surface area (Å²) in [6.07, 6.45) is 1.53. The Hall–Kier alpha value is -4.19. The van der Waals surface area contributed by atoms with Gasteiger partial charge in [0, 0.05) is 16.5 Å². The maximum Gasteiger partial charge on any atom is 0.272 e. The van der Waals surface area contributed by atoms with E-state index < -0.39 is 0 Å². The quantitative estimate of drug-likeness (QED) is 0.349. The van der Waals surface area contributed by atoms with Gasteiger partial charge in [0.1, 0.15) is 11.5 Å². The summed E-state index contributed by atoms with van der Waals surface area (Å²) in [6.45, 7) is 2.03. The Morgan fingerprint density at radius 1 is 0.969 bits per heavy atom. The van der Waals surface area contributed by atoms with Gasteiger partial charge in [-0.15, -0.1) is 0 Å². The van der Waals surface area contributed by atoms with Crippen LogP contribution in [0.3, 0.4) is 0 Å². The Kier molecular flexibility index (Phi) is 6.12. The van der Waals surface area contributed by atoms with Gasteiger partial charge >= 0.3 is 0 Å². The lowest BCUT2D eigenvalue weighted by Gasteiger charge is -2.09. The highest BCUT2D eigenvalue weighted by molar-refractivity contribution is 6.07. The van der Waals surface area contributed by atoms with E-state index in [1.807, 2.05) is 55.5 Å². The molecule has 32 heavy (non-hydrogen) atoms. The van der Waals surface area contributed by atoms with Crippen molar-refractivity contribution in [2.24, 2.45) is 5.10 Å². The molecule has 4 rings (SSSR count). The van der Waals surface area contributed by atoms with Crippen molar-refractivity contribution in [1.29, 1.82) is 0 Å². The molecule has 160 valence electrons. The van der Waals surface area contributed by atoms with E-state index in [-0.39, 0.29) is 5.91 Å². The maximum absolute atomic E-state index is 13.1. The summed E-state index contributed by atoms with van der Waals surface area (Å²) in [4.78, 5) is 17.8. The summed E-state index contributed by atoms with van der Waals surface area (Å²) in [5, 5.41) is 4.90. The van der Waals surface area contributed by atoms with E-state index in [2.05, 4.69) is 10.5 Å². The van der Waals surface area contributed by atoms with Crippen molar-refractivity contribution in [3.63, 3.8) is 0 Å². The zero-order valence-electron chi connectivity index (χ0n) is 18.1. The SMILES string of the molecule is COc1ccc(OC)c(/C=N/NC(=O)c2cc(-c3ccc(C)cc3)nc3ccccc23)c1. The number of ether oxygens (including phenoxy) is 2. The highest BCUT2D eigenvalue weighted by atomic mass is 16.5. The van der Waals surface area contributed by atoms with E-state index >= 15 is 0 Å². The average Bonchev–Trinajstić information content (AvgIpc) is 2.83. The second-order valence-electron chi connectivity index (χ2n) is 7.25. The Bertz CT molecular complexity index is 1300. The van der Waals surface area contributed by atoms with Crippen LogP contribution in [0.4, 0.5) is 0 Å². The van der Waals surface area contributed by atoms with Gasteiger partial charge in [0.25, 0.3) is 5.91 Å². The molecular formula is C26H23N3O3. The van der Waals surface area contributed by atoms with E-state index in [4.69, 9.17) is 14.5 Å². The van der Waals surface area contributed by atoms with E-state index in [1.165, 1.54) is 6.21 Å². The third-order valence-electron chi connectivity index (χ3n) is 5.11. The van der Waals surface area contributed by atoms with Crippen LogP contribution in [0, 0.1) is 6.92 Å². The molecule has 1 N–H and O–H groups in total. The smallest absolute Gasteiger partial charge is 0.272 e. The lowest BCUT2D eigenvalue weighted by molar-refractivity contribution is 0.0956. The molecule has 6 nitrogen and oxygen atoms in total. The highest BCUT2D eigenvalue weighted by Gasteiger charge is 2.13. The van der Waals surface area contributed by atoms with Crippen LogP contribution in [0.5, 0.6) is 11.5 Å². The van der Waals surface area contributed by atoms with E-state index in [0.717, 1.165) is 27.7 Å². The molecule has 0 saturated heterocycles. The van der Waals surface area contributed by atoms with Crippen molar-refractivity contribution >= 4 is 23.0 Å². The first-order chi connectivity index (χ1) is 15.6. The molecule has 0 saturated carbocycles. The number of methoxy groups -OCH3 is 2. The second kappa shape index (κ2) is 9.31. The summed E-state index contributed by atoms with van der Waals surface area (Å²) in [5.41, 5.74) is 7.39. The number of carbonyl (C=O) groups excluding carboxylic acids is 1. The van der Waals surface area contributed by atoms with Gasteiger partial charge in [-0.1, -0.05) is 48.0 Å². The topological polar surface area (TPSA) is 72.8 Å². The zero-order chi connectivity index (χ0) is 22.5. The van der Waals surface area contributed by atoms with Crippen LogP contribution in [-0.2, 0) is 0 Å². The Morgan fingerprint density at radius 3 is 2.50 bits per heavy atom. The third kappa shape index (κ3) is 4.44. The first-order valence-corrected chi connectivity index (χ1v) is 10.1. The molecule has 4 aromatic rings. The molecule has 0 aliphatic rings. The van der Waals surface area contributed by atoms with Gasteiger partial charge in [0.05, 0.1) is 37.2 Å². The molecule has 1 amide bonds. The Labute approximate surface area is 186 Å². The fourth-order valence-corrected chi connectivity index (χ4v) is 3.40. The van der Waals surface area contributed by atoms with E-state index in [1.54, 1.807) is 38.5 Å². The van der Waals surface area contributed by atoms with Crippen LogP contribution in [0.2, 0.25) is 0 Å². The highest BCUT2D eigenvalue weighted by Crippen LogP contribution is 2.25. The van der Waals surface area contributed by atoms with E-state index in [9.17, 15) is 4.79 Å². The van der Waals surface area contributed by atoms with Gasteiger partial charge in [0.15, 0.2) is 0 Å². The van der Waals surface area contributed by atoms with Crippen LogP contribution >= 0.6 is 0 Å². The predicted molar refractivity (Wildman–Crippen MR) is 127 cm³/mol. The maximum atomic E-state index is 13.1. The van der Waals surface area contributed by atoms with Crippen LogP contribution in [0.15, 0.2) is 77.9 Å². The van der Waals surface area contributed by atoms with Crippen LogP contribution in [0.25, 0.3) is 22.2 Å². The number of aromatic nitrogens is 1. The number of amides is 1. The first-order valence-electron chi connectivity index (χ1n) is 10.1. The molecule has 1 aromatic heterocycles. The number of rotatable bonds is 6. The number of fused-ring (bicyclic) bond motifs is 1. The average molecular weight is 425 g/mol. The van der Waals surface area contributed by atoms with Gasteiger partial charge in [0.2, 0.25) is 0 Å². The number of para-hydroxylation sites is 1. The molecule has 0 radical (unpaired) electrons.